The highest BCUT2D eigenvalue weighted by Crippen LogP contribution is 2.23. The number of piperidine rings is 1. The Morgan fingerprint density at radius 1 is 1.09 bits per heavy atom. The summed E-state index contributed by atoms with van der Waals surface area (Å²) in [7, 11) is 0. The Balaban J connectivity index is 1.54. The second-order valence-electron chi connectivity index (χ2n) is 6.52. The topological polar surface area (TPSA) is 52.7 Å². The number of carbonyl (C=O) groups excluding carboxylic acids is 2. The summed E-state index contributed by atoms with van der Waals surface area (Å²) >= 11 is 0. The van der Waals surface area contributed by atoms with Gasteiger partial charge in [-0.3, -0.25) is 9.59 Å². The minimum absolute atomic E-state index is 0.116. The second kappa shape index (κ2) is 7.23. The molecule has 1 aromatic carbocycles. The van der Waals surface area contributed by atoms with Crippen molar-refractivity contribution in [2.45, 2.75) is 38.6 Å². The van der Waals surface area contributed by atoms with Gasteiger partial charge in [0, 0.05) is 13.1 Å². The summed E-state index contributed by atoms with van der Waals surface area (Å²) < 4.78 is 0. The molecule has 2 amide bonds. The zero-order valence-corrected chi connectivity index (χ0v) is 13.8. The molecule has 0 saturated carbocycles. The van der Waals surface area contributed by atoms with Gasteiger partial charge in [-0.2, -0.15) is 0 Å². The van der Waals surface area contributed by atoms with Crippen LogP contribution in [0.5, 0.6) is 0 Å². The van der Waals surface area contributed by atoms with Crippen molar-refractivity contribution in [1.82, 2.24) is 10.2 Å². The highest BCUT2D eigenvalue weighted by molar-refractivity contribution is 6.22. The first-order valence-electron chi connectivity index (χ1n) is 8.54. The van der Waals surface area contributed by atoms with E-state index < -0.39 is 0 Å². The molecule has 2 fully saturated rings. The molecular weight excluding hydrogens is 290 g/mol. The monoisotopic (exact) mass is 315 g/mol. The summed E-state index contributed by atoms with van der Waals surface area (Å²) in [5.41, 5.74) is 1.79. The Labute approximate surface area is 137 Å². The highest BCUT2D eigenvalue weighted by Gasteiger charge is 2.39. The van der Waals surface area contributed by atoms with Gasteiger partial charge in [0.1, 0.15) is 0 Å². The molecule has 0 bridgehead atoms. The summed E-state index contributed by atoms with van der Waals surface area (Å²) in [4.78, 5) is 28.5. The minimum Gasteiger partial charge on any atom is -0.304 e. The third-order valence-corrected chi connectivity index (χ3v) is 4.71. The summed E-state index contributed by atoms with van der Waals surface area (Å²) in [6, 6.07) is 7.14. The summed E-state index contributed by atoms with van der Waals surface area (Å²) in [6.45, 7) is 5.99. The normalized spacial score (nSPS) is 22.8. The van der Waals surface area contributed by atoms with E-state index in [2.05, 4.69) is 10.2 Å². The van der Waals surface area contributed by atoms with Gasteiger partial charge in [0.25, 0.3) is 5.91 Å². The van der Waals surface area contributed by atoms with E-state index in [1.54, 1.807) is 0 Å². The molecule has 1 N–H and O–H groups in total. The van der Waals surface area contributed by atoms with Crippen LogP contribution in [0.15, 0.2) is 24.3 Å². The van der Waals surface area contributed by atoms with Crippen molar-refractivity contribution in [3.8, 4) is 0 Å². The van der Waals surface area contributed by atoms with E-state index in [-0.39, 0.29) is 24.3 Å². The number of amides is 2. The Hall–Kier alpha value is -1.72. The molecule has 5 nitrogen and oxygen atoms in total. The van der Waals surface area contributed by atoms with Gasteiger partial charge in [0.15, 0.2) is 0 Å². The highest BCUT2D eigenvalue weighted by atomic mass is 16.2. The van der Waals surface area contributed by atoms with E-state index in [9.17, 15) is 9.59 Å². The molecule has 0 spiro atoms. The molecule has 124 valence electrons. The van der Waals surface area contributed by atoms with Gasteiger partial charge in [-0.25, -0.2) is 4.90 Å². The molecule has 5 heteroatoms. The van der Waals surface area contributed by atoms with E-state index in [0.29, 0.717) is 5.69 Å². The number of nitrogens with zero attached hydrogens (tertiary/aromatic N) is 2. The van der Waals surface area contributed by atoms with Crippen LogP contribution in [0.1, 0.15) is 31.2 Å². The van der Waals surface area contributed by atoms with Crippen molar-refractivity contribution in [3.05, 3.63) is 29.8 Å². The Morgan fingerprint density at radius 3 is 2.48 bits per heavy atom. The lowest BCUT2D eigenvalue weighted by Gasteiger charge is -2.26. The average molecular weight is 315 g/mol. The molecule has 2 aliphatic heterocycles. The number of hydrogen-bond acceptors (Lipinski definition) is 4. The van der Waals surface area contributed by atoms with Gasteiger partial charge in [-0.15, -0.1) is 0 Å². The molecule has 1 atom stereocenters. The Kier molecular flexibility index (Phi) is 5.08. The van der Waals surface area contributed by atoms with Gasteiger partial charge in [0.05, 0.1) is 18.2 Å². The van der Waals surface area contributed by atoms with E-state index in [0.717, 1.165) is 31.7 Å². The first kappa shape index (κ1) is 16.1. The smallest absolute Gasteiger partial charge is 0.251 e. The average Bonchev–Trinajstić information content (AvgIpc) is 2.84. The molecule has 0 aromatic heterocycles. The van der Waals surface area contributed by atoms with Crippen molar-refractivity contribution >= 4 is 17.5 Å². The van der Waals surface area contributed by atoms with Crippen LogP contribution in [0.2, 0.25) is 0 Å². The fourth-order valence-electron chi connectivity index (χ4n) is 3.34. The van der Waals surface area contributed by atoms with E-state index >= 15 is 0 Å². The number of benzene rings is 1. The lowest BCUT2D eigenvalue weighted by atomic mass is 10.1. The Morgan fingerprint density at radius 2 is 1.78 bits per heavy atom. The van der Waals surface area contributed by atoms with Crippen molar-refractivity contribution in [2.75, 3.05) is 31.1 Å². The molecule has 23 heavy (non-hydrogen) atoms. The number of carbonyl (C=O) groups is 2. The van der Waals surface area contributed by atoms with Gasteiger partial charge in [-0.1, -0.05) is 24.1 Å². The molecule has 2 heterocycles. The molecule has 0 aliphatic carbocycles. The van der Waals surface area contributed by atoms with Crippen LogP contribution >= 0.6 is 0 Å². The summed E-state index contributed by atoms with van der Waals surface area (Å²) in [5.74, 6) is -0.244. The number of likely N-dealkylation sites (tertiary alicyclic amines) is 1. The predicted molar refractivity (Wildman–Crippen MR) is 90.4 cm³/mol. The number of nitrogens with one attached hydrogen (secondary N) is 1. The Bertz CT molecular complexity index is 564. The van der Waals surface area contributed by atoms with Crippen LogP contribution in [-0.4, -0.2) is 48.9 Å². The van der Waals surface area contributed by atoms with Gasteiger partial charge < -0.3 is 10.2 Å². The first-order valence-corrected chi connectivity index (χ1v) is 8.54. The fourth-order valence-corrected chi connectivity index (χ4v) is 3.34. The van der Waals surface area contributed by atoms with Gasteiger partial charge >= 0.3 is 0 Å². The summed E-state index contributed by atoms with van der Waals surface area (Å²) in [6.07, 6.45) is 4.11. The number of hydrogen-bond donors (Lipinski definition) is 1. The van der Waals surface area contributed by atoms with Crippen LogP contribution in [0.3, 0.4) is 0 Å². The number of rotatable bonds is 5. The van der Waals surface area contributed by atoms with Crippen LogP contribution in [0.4, 0.5) is 5.69 Å². The first-order chi connectivity index (χ1) is 11.1. The number of aryl methyl sites for hydroxylation is 1. The van der Waals surface area contributed by atoms with E-state index in [1.807, 2.05) is 31.2 Å². The largest absolute Gasteiger partial charge is 0.304 e. The second-order valence-corrected chi connectivity index (χ2v) is 6.52. The molecule has 2 saturated heterocycles. The van der Waals surface area contributed by atoms with Crippen LogP contribution in [0.25, 0.3) is 0 Å². The molecule has 0 unspecified atom stereocenters. The zero-order valence-electron chi connectivity index (χ0n) is 13.8. The molecule has 2 aliphatic rings. The van der Waals surface area contributed by atoms with Crippen LogP contribution < -0.4 is 10.2 Å². The van der Waals surface area contributed by atoms with Gasteiger partial charge in [-0.05, 0) is 45.0 Å². The molecule has 3 rings (SSSR count). The van der Waals surface area contributed by atoms with E-state index in [4.69, 9.17) is 0 Å². The molecule has 0 radical (unpaired) electrons. The zero-order chi connectivity index (χ0) is 16.2. The van der Waals surface area contributed by atoms with Crippen molar-refractivity contribution in [2.24, 2.45) is 0 Å². The maximum atomic E-state index is 12.5. The standard InChI is InChI=1S/C18H25N3O2/c1-14-5-7-15(8-6-14)21-17(22)13-16(18(21)23)19-9-12-20-10-3-2-4-11-20/h5-8,16,19H,2-4,9-13H2,1H3/t16-/m1/s1. The third kappa shape index (κ3) is 3.79. The maximum Gasteiger partial charge on any atom is 0.251 e. The maximum absolute atomic E-state index is 12.5. The third-order valence-electron chi connectivity index (χ3n) is 4.71. The quantitative estimate of drug-likeness (QED) is 0.841. The summed E-state index contributed by atoms with van der Waals surface area (Å²) in [5, 5.41) is 3.27. The van der Waals surface area contributed by atoms with E-state index in [1.165, 1.54) is 24.2 Å². The molecular formula is C18H25N3O2. The van der Waals surface area contributed by atoms with Crippen LogP contribution in [-0.2, 0) is 9.59 Å². The lowest BCUT2D eigenvalue weighted by molar-refractivity contribution is -0.121. The molecule has 1 aromatic rings. The fraction of sp³-hybridized carbons (Fsp3) is 0.556. The van der Waals surface area contributed by atoms with Crippen molar-refractivity contribution in [1.29, 1.82) is 0 Å². The van der Waals surface area contributed by atoms with Gasteiger partial charge in [0.2, 0.25) is 5.91 Å². The lowest BCUT2D eigenvalue weighted by Crippen LogP contribution is -2.43. The SMILES string of the molecule is Cc1ccc(N2C(=O)C[C@@H](NCCN3CCCCC3)C2=O)cc1. The minimum atomic E-state index is -0.381. The number of imide groups is 1. The number of anilines is 1. The van der Waals surface area contributed by atoms with Crippen LogP contribution in [0, 0.1) is 6.92 Å². The van der Waals surface area contributed by atoms with Crippen molar-refractivity contribution in [3.63, 3.8) is 0 Å². The predicted octanol–water partition coefficient (Wildman–Crippen LogP) is 1.70. The van der Waals surface area contributed by atoms with Crippen molar-refractivity contribution < 1.29 is 9.59 Å².